The number of rotatable bonds is 4. The van der Waals surface area contributed by atoms with Crippen molar-refractivity contribution in [2.45, 2.75) is 33.2 Å². The number of benzene rings is 2. The zero-order valence-electron chi connectivity index (χ0n) is 18.8. The summed E-state index contributed by atoms with van der Waals surface area (Å²) >= 11 is 13.8. The molecule has 3 heterocycles. The Labute approximate surface area is 211 Å². The van der Waals surface area contributed by atoms with Gasteiger partial charge in [0.2, 0.25) is 5.91 Å². The van der Waals surface area contributed by atoms with Crippen molar-refractivity contribution in [1.82, 2.24) is 14.8 Å². The van der Waals surface area contributed by atoms with Crippen LogP contribution < -0.4 is 5.32 Å². The van der Waals surface area contributed by atoms with Gasteiger partial charge >= 0.3 is 0 Å². The smallest absolute Gasteiger partial charge is 0.227 e. The highest BCUT2D eigenvalue weighted by Crippen LogP contribution is 2.39. The molecule has 2 aromatic heterocycles. The summed E-state index contributed by atoms with van der Waals surface area (Å²) in [5.41, 5.74) is 4.62. The van der Waals surface area contributed by atoms with Gasteiger partial charge in [-0.05, 0) is 62.7 Å². The van der Waals surface area contributed by atoms with Crippen LogP contribution in [0.1, 0.15) is 45.7 Å². The third kappa shape index (κ3) is 4.15. The van der Waals surface area contributed by atoms with E-state index in [4.69, 9.17) is 28.2 Å². The summed E-state index contributed by atoms with van der Waals surface area (Å²) in [7, 11) is 0. The van der Waals surface area contributed by atoms with Crippen LogP contribution in [0.4, 0.5) is 5.69 Å². The van der Waals surface area contributed by atoms with Gasteiger partial charge in [-0.1, -0.05) is 35.3 Å². The van der Waals surface area contributed by atoms with Crippen LogP contribution in [-0.2, 0) is 4.79 Å². The first kappa shape index (κ1) is 22.8. The van der Waals surface area contributed by atoms with Gasteiger partial charge in [0.1, 0.15) is 16.9 Å². The zero-order chi connectivity index (χ0) is 24.0. The molecule has 1 aliphatic heterocycles. The van der Waals surface area contributed by atoms with E-state index in [0.717, 1.165) is 33.2 Å². The summed E-state index contributed by atoms with van der Waals surface area (Å²) in [5, 5.41) is 14.0. The van der Waals surface area contributed by atoms with Gasteiger partial charge in [-0.15, -0.1) is 21.5 Å². The molecule has 6 nitrogen and oxygen atoms in total. The van der Waals surface area contributed by atoms with Gasteiger partial charge in [0.05, 0.1) is 12.1 Å². The number of carbonyl (C=O) groups excluding carboxylic acids is 1. The summed E-state index contributed by atoms with van der Waals surface area (Å²) < 4.78 is 2.03. The van der Waals surface area contributed by atoms with Gasteiger partial charge < -0.3 is 5.32 Å². The molecule has 0 aliphatic carbocycles. The number of thiophene rings is 1. The van der Waals surface area contributed by atoms with Crippen molar-refractivity contribution in [2.75, 3.05) is 5.32 Å². The number of anilines is 1. The molecule has 172 valence electrons. The summed E-state index contributed by atoms with van der Waals surface area (Å²) in [6.07, 6.45) is 0.116. The van der Waals surface area contributed by atoms with E-state index < -0.39 is 6.04 Å². The van der Waals surface area contributed by atoms with Gasteiger partial charge in [-0.25, -0.2) is 0 Å². The highest BCUT2D eigenvalue weighted by Gasteiger charge is 2.32. The fourth-order valence-electron chi connectivity index (χ4n) is 4.05. The number of fused-ring (bicyclic) bond motifs is 3. The van der Waals surface area contributed by atoms with Crippen molar-refractivity contribution in [2.24, 2.45) is 4.99 Å². The van der Waals surface area contributed by atoms with Crippen LogP contribution in [0.3, 0.4) is 0 Å². The summed E-state index contributed by atoms with van der Waals surface area (Å²) in [5.74, 6) is 1.24. The van der Waals surface area contributed by atoms with E-state index >= 15 is 0 Å². The molecule has 1 aliphatic rings. The van der Waals surface area contributed by atoms with Crippen LogP contribution in [0, 0.1) is 20.8 Å². The Morgan fingerprint density at radius 2 is 1.65 bits per heavy atom. The number of aliphatic imine (C=N–C) groups is 1. The maximum Gasteiger partial charge on any atom is 0.227 e. The van der Waals surface area contributed by atoms with Gasteiger partial charge in [-0.3, -0.25) is 14.4 Å². The first-order valence-corrected chi connectivity index (χ1v) is 12.3. The number of carbonyl (C=O) groups is 1. The number of aromatic nitrogens is 3. The van der Waals surface area contributed by atoms with Crippen LogP contribution in [0.15, 0.2) is 53.5 Å². The molecule has 2 aromatic carbocycles. The van der Waals surface area contributed by atoms with E-state index in [1.807, 2.05) is 35.8 Å². The summed E-state index contributed by atoms with van der Waals surface area (Å²) in [4.78, 5) is 19.3. The maximum absolute atomic E-state index is 13.0. The molecule has 0 spiro atoms. The number of nitrogens with one attached hydrogen (secondary N) is 1. The highest BCUT2D eigenvalue weighted by molar-refractivity contribution is 7.15. The fraction of sp³-hybridized carbons (Fsp3) is 0.200. The molecule has 0 saturated carbocycles. The topological polar surface area (TPSA) is 72.2 Å². The Morgan fingerprint density at radius 1 is 1.00 bits per heavy atom. The predicted octanol–water partition coefficient (Wildman–Crippen LogP) is 6.48. The number of halogens is 2. The lowest BCUT2D eigenvalue weighted by molar-refractivity contribution is -0.116. The predicted molar refractivity (Wildman–Crippen MR) is 138 cm³/mol. The zero-order valence-corrected chi connectivity index (χ0v) is 21.1. The number of amides is 1. The summed E-state index contributed by atoms with van der Waals surface area (Å²) in [6, 6.07) is 14.1. The minimum Gasteiger partial charge on any atom is -0.326 e. The van der Waals surface area contributed by atoms with Crippen LogP contribution in [-0.4, -0.2) is 26.4 Å². The van der Waals surface area contributed by atoms with E-state index in [9.17, 15) is 4.79 Å². The second-order valence-electron chi connectivity index (χ2n) is 8.16. The molecule has 1 unspecified atom stereocenters. The molecule has 1 amide bonds. The van der Waals surface area contributed by atoms with E-state index in [1.54, 1.807) is 35.6 Å². The number of hydrogen-bond acceptors (Lipinski definition) is 5. The van der Waals surface area contributed by atoms with Crippen LogP contribution in [0.25, 0.3) is 5.00 Å². The first-order valence-electron chi connectivity index (χ1n) is 10.7. The molecular weight excluding hydrogens is 489 g/mol. The van der Waals surface area contributed by atoms with Crippen LogP contribution >= 0.6 is 34.5 Å². The molecular formula is C25H21Cl2N5OS. The van der Waals surface area contributed by atoms with E-state index in [-0.39, 0.29) is 12.3 Å². The van der Waals surface area contributed by atoms with Crippen LogP contribution in [0.5, 0.6) is 0 Å². The third-order valence-corrected chi connectivity index (χ3v) is 7.56. The monoisotopic (exact) mass is 509 g/mol. The summed E-state index contributed by atoms with van der Waals surface area (Å²) in [6.45, 7) is 6.12. The van der Waals surface area contributed by atoms with Gasteiger partial charge in [-0.2, -0.15) is 0 Å². The highest BCUT2D eigenvalue weighted by atomic mass is 35.5. The van der Waals surface area contributed by atoms with Gasteiger partial charge in [0.25, 0.3) is 0 Å². The lowest BCUT2D eigenvalue weighted by Gasteiger charge is -2.13. The molecule has 4 aromatic rings. The van der Waals surface area contributed by atoms with Gasteiger partial charge in [0, 0.05) is 31.7 Å². The molecule has 5 rings (SSSR count). The van der Waals surface area contributed by atoms with Crippen molar-refractivity contribution in [1.29, 1.82) is 0 Å². The molecule has 34 heavy (non-hydrogen) atoms. The second kappa shape index (κ2) is 8.98. The number of nitrogens with zero attached hydrogens (tertiary/aromatic N) is 4. The van der Waals surface area contributed by atoms with Crippen LogP contribution in [0.2, 0.25) is 10.0 Å². The van der Waals surface area contributed by atoms with Gasteiger partial charge in [0.15, 0.2) is 5.82 Å². The number of aryl methyl sites for hydroxylation is 2. The van der Waals surface area contributed by atoms with Crippen molar-refractivity contribution < 1.29 is 4.79 Å². The number of hydrogen-bond donors (Lipinski definition) is 1. The van der Waals surface area contributed by atoms with E-state index in [1.165, 1.54) is 4.88 Å². The Hall–Kier alpha value is -3.00. The van der Waals surface area contributed by atoms with Crippen molar-refractivity contribution in [3.63, 3.8) is 0 Å². The lowest BCUT2D eigenvalue weighted by atomic mass is 9.99. The van der Waals surface area contributed by atoms with Crippen molar-refractivity contribution >= 4 is 51.8 Å². The third-order valence-electron chi connectivity index (χ3n) is 5.86. The van der Waals surface area contributed by atoms with Crippen molar-refractivity contribution in [3.8, 4) is 5.00 Å². The van der Waals surface area contributed by atoms with Crippen molar-refractivity contribution in [3.05, 3.63) is 91.8 Å². The largest absolute Gasteiger partial charge is 0.326 e. The normalized spacial score (nSPS) is 14.7. The fourth-order valence-corrected chi connectivity index (χ4v) is 5.52. The average molecular weight is 510 g/mol. The second-order valence-corrected chi connectivity index (χ2v) is 10.2. The molecule has 0 fully saturated rings. The molecule has 0 radical (unpaired) electrons. The van der Waals surface area contributed by atoms with E-state index in [0.29, 0.717) is 21.6 Å². The molecule has 1 atom stereocenters. The first-order chi connectivity index (χ1) is 16.3. The Balaban J connectivity index is 1.61. The molecule has 0 saturated heterocycles. The quantitative estimate of drug-likeness (QED) is 0.342. The molecule has 1 N–H and O–H groups in total. The lowest BCUT2D eigenvalue weighted by Crippen LogP contribution is -2.17. The minimum absolute atomic E-state index is 0.116. The minimum atomic E-state index is -0.515. The Kier molecular flexibility index (Phi) is 6.02. The SMILES string of the molecule is Cc1sc2c(c1C)C(c1ccc(Cl)cc1)=NC(CC(=O)Nc1ccc(Cl)cc1)c1nnc(C)n1-2. The Morgan fingerprint density at radius 3 is 2.32 bits per heavy atom. The average Bonchev–Trinajstić information content (AvgIpc) is 3.28. The Bertz CT molecular complexity index is 1420. The molecule has 9 heteroatoms. The standard InChI is InChI=1S/C25H21Cl2N5OS/c1-13-14(2)34-25-22(13)23(16-4-6-17(26)7-5-16)29-20(24-31-30-15(3)32(24)25)12-21(33)28-19-10-8-18(27)9-11-19/h4-11,20H,12H2,1-3H3,(H,28,33). The maximum atomic E-state index is 13.0. The molecule has 0 bridgehead atoms. The van der Waals surface area contributed by atoms with E-state index in [2.05, 4.69) is 29.4 Å².